The highest BCUT2D eigenvalue weighted by atomic mass is 19.1. The summed E-state index contributed by atoms with van der Waals surface area (Å²) in [6.45, 7) is 6.48. The molecule has 0 aliphatic carbocycles. The van der Waals surface area contributed by atoms with E-state index >= 15 is 0 Å². The van der Waals surface area contributed by atoms with Crippen LogP contribution in [0.1, 0.15) is 32.4 Å². The molecule has 0 aliphatic rings. The molecule has 0 fully saturated rings. The van der Waals surface area contributed by atoms with Gasteiger partial charge in [-0.2, -0.15) is 0 Å². The highest BCUT2D eigenvalue weighted by molar-refractivity contribution is 5.77. The largest absolute Gasteiger partial charge is 0.355 e. The summed E-state index contributed by atoms with van der Waals surface area (Å²) in [5.74, 6) is -1.23. The molecule has 0 heterocycles. The number of carbonyl (C=O) groups is 1. The van der Waals surface area contributed by atoms with E-state index in [1.807, 2.05) is 20.8 Å². The Morgan fingerprint density at radius 2 is 1.68 bits per heavy atom. The molecule has 106 valence electrons. The smallest absolute Gasteiger partial charge is 0.222 e. The molecular formula is C14H20F2N2O. The molecule has 0 saturated carbocycles. The first-order chi connectivity index (χ1) is 8.90. The summed E-state index contributed by atoms with van der Waals surface area (Å²) in [5.41, 5.74) is 0.549. The Kier molecular flexibility index (Phi) is 5.89. The second-order valence-corrected chi connectivity index (χ2v) is 4.82. The van der Waals surface area contributed by atoms with Gasteiger partial charge < -0.3 is 10.6 Å². The van der Waals surface area contributed by atoms with E-state index in [9.17, 15) is 13.6 Å². The molecule has 0 saturated heterocycles. The van der Waals surface area contributed by atoms with E-state index in [4.69, 9.17) is 0 Å². The van der Waals surface area contributed by atoms with Gasteiger partial charge in [-0.05, 0) is 24.6 Å². The van der Waals surface area contributed by atoms with E-state index in [-0.39, 0.29) is 17.9 Å². The monoisotopic (exact) mass is 270 g/mol. The number of amides is 1. The van der Waals surface area contributed by atoms with Crippen LogP contribution in [0, 0.1) is 17.6 Å². The minimum absolute atomic E-state index is 0.00810. The summed E-state index contributed by atoms with van der Waals surface area (Å²) in [5, 5.41) is 5.86. The predicted octanol–water partition coefficient (Wildman–Crippen LogP) is 2.39. The summed E-state index contributed by atoms with van der Waals surface area (Å²) in [6, 6.07) is 3.26. The molecule has 1 atom stereocenters. The predicted molar refractivity (Wildman–Crippen MR) is 70.6 cm³/mol. The first kappa shape index (κ1) is 15.6. The first-order valence-corrected chi connectivity index (χ1v) is 6.37. The average molecular weight is 270 g/mol. The minimum Gasteiger partial charge on any atom is -0.355 e. The minimum atomic E-state index is -0.586. The molecule has 5 heteroatoms. The third-order valence-corrected chi connectivity index (χ3v) is 2.78. The molecular weight excluding hydrogens is 250 g/mol. The van der Waals surface area contributed by atoms with Gasteiger partial charge in [0.1, 0.15) is 11.6 Å². The SMILES string of the molecule is CC(C)C(=O)NCCNC(C)c1cc(F)cc(F)c1. The summed E-state index contributed by atoms with van der Waals surface area (Å²) in [6.07, 6.45) is 0. The van der Waals surface area contributed by atoms with Crippen molar-refractivity contribution in [2.24, 2.45) is 5.92 Å². The molecule has 0 radical (unpaired) electrons. The van der Waals surface area contributed by atoms with Crippen molar-refractivity contribution in [1.29, 1.82) is 0 Å². The van der Waals surface area contributed by atoms with E-state index < -0.39 is 11.6 Å². The molecule has 0 aliphatic heterocycles. The quantitative estimate of drug-likeness (QED) is 0.779. The molecule has 1 aromatic carbocycles. The third kappa shape index (κ3) is 5.34. The fourth-order valence-electron chi connectivity index (χ4n) is 1.62. The Labute approximate surface area is 112 Å². The zero-order valence-electron chi connectivity index (χ0n) is 11.5. The van der Waals surface area contributed by atoms with Gasteiger partial charge in [-0.15, -0.1) is 0 Å². The number of benzene rings is 1. The summed E-state index contributed by atoms with van der Waals surface area (Å²) < 4.78 is 26.1. The van der Waals surface area contributed by atoms with Crippen LogP contribution in [0.2, 0.25) is 0 Å². The van der Waals surface area contributed by atoms with Crippen molar-refractivity contribution >= 4 is 5.91 Å². The summed E-state index contributed by atoms with van der Waals surface area (Å²) >= 11 is 0. The average Bonchev–Trinajstić information content (AvgIpc) is 2.32. The van der Waals surface area contributed by atoms with Crippen molar-refractivity contribution in [2.45, 2.75) is 26.8 Å². The van der Waals surface area contributed by atoms with Gasteiger partial charge in [-0.25, -0.2) is 8.78 Å². The topological polar surface area (TPSA) is 41.1 Å². The van der Waals surface area contributed by atoms with Crippen LogP contribution in [0.4, 0.5) is 8.78 Å². The van der Waals surface area contributed by atoms with Crippen molar-refractivity contribution in [3.8, 4) is 0 Å². The zero-order valence-corrected chi connectivity index (χ0v) is 11.5. The Morgan fingerprint density at radius 3 is 2.21 bits per heavy atom. The van der Waals surface area contributed by atoms with Gasteiger partial charge in [0.25, 0.3) is 0 Å². The van der Waals surface area contributed by atoms with Gasteiger partial charge in [-0.1, -0.05) is 13.8 Å². The van der Waals surface area contributed by atoms with E-state index in [0.717, 1.165) is 6.07 Å². The van der Waals surface area contributed by atoms with E-state index in [1.54, 1.807) is 0 Å². The van der Waals surface area contributed by atoms with Crippen molar-refractivity contribution in [3.63, 3.8) is 0 Å². The Balaban J connectivity index is 2.39. The lowest BCUT2D eigenvalue weighted by molar-refractivity contribution is -0.123. The number of rotatable bonds is 6. The van der Waals surface area contributed by atoms with Gasteiger partial charge in [0.05, 0.1) is 0 Å². The standard InChI is InChI=1S/C14H20F2N2O/c1-9(2)14(19)18-5-4-17-10(3)11-6-12(15)8-13(16)7-11/h6-10,17H,4-5H2,1-3H3,(H,18,19). The second-order valence-electron chi connectivity index (χ2n) is 4.82. The van der Waals surface area contributed by atoms with Crippen LogP contribution >= 0.6 is 0 Å². The lowest BCUT2D eigenvalue weighted by atomic mass is 10.1. The Morgan fingerprint density at radius 1 is 1.11 bits per heavy atom. The van der Waals surface area contributed by atoms with Gasteiger partial charge >= 0.3 is 0 Å². The van der Waals surface area contributed by atoms with Crippen LogP contribution in [0.5, 0.6) is 0 Å². The molecule has 0 aromatic heterocycles. The van der Waals surface area contributed by atoms with E-state index in [0.29, 0.717) is 18.7 Å². The first-order valence-electron chi connectivity index (χ1n) is 6.37. The van der Waals surface area contributed by atoms with Crippen molar-refractivity contribution in [2.75, 3.05) is 13.1 Å². The van der Waals surface area contributed by atoms with Gasteiger partial charge in [0.15, 0.2) is 0 Å². The number of hydrogen-bond acceptors (Lipinski definition) is 2. The summed E-state index contributed by atoms with van der Waals surface area (Å²) in [4.78, 5) is 11.3. The van der Waals surface area contributed by atoms with Crippen LogP contribution in [-0.2, 0) is 4.79 Å². The van der Waals surface area contributed by atoms with Crippen LogP contribution in [0.3, 0.4) is 0 Å². The van der Waals surface area contributed by atoms with Gasteiger partial charge in [-0.3, -0.25) is 4.79 Å². The normalized spacial score (nSPS) is 12.5. The third-order valence-electron chi connectivity index (χ3n) is 2.78. The van der Waals surface area contributed by atoms with Crippen molar-refractivity contribution in [1.82, 2.24) is 10.6 Å². The lowest BCUT2D eigenvalue weighted by Gasteiger charge is -2.15. The maximum atomic E-state index is 13.0. The van der Waals surface area contributed by atoms with Crippen molar-refractivity contribution < 1.29 is 13.6 Å². The number of nitrogens with one attached hydrogen (secondary N) is 2. The van der Waals surface area contributed by atoms with Gasteiger partial charge in [0, 0.05) is 31.1 Å². The fraction of sp³-hybridized carbons (Fsp3) is 0.500. The summed E-state index contributed by atoms with van der Waals surface area (Å²) in [7, 11) is 0. The Bertz CT molecular complexity index is 415. The van der Waals surface area contributed by atoms with Crippen LogP contribution in [0.25, 0.3) is 0 Å². The second kappa shape index (κ2) is 7.19. The van der Waals surface area contributed by atoms with Crippen LogP contribution in [0.15, 0.2) is 18.2 Å². The number of hydrogen-bond donors (Lipinski definition) is 2. The number of carbonyl (C=O) groups excluding carboxylic acids is 1. The maximum Gasteiger partial charge on any atom is 0.222 e. The molecule has 1 amide bonds. The Hall–Kier alpha value is -1.49. The van der Waals surface area contributed by atoms with Crippen molar-refractivity contribution in [3.05, 3.63) is 35.4 Å². The maximum absolute atomic E-state index is 13.0. The van der Waals surface area contributed by atoms with E-state index in [2.05, 4.69) is 10.6 Å². The molecule has 19 heavy (non-hydrogen) atoms. The lowest BCUT2D eigenvalue weighted by Crippen LogP contribution is -2.35. The van der Waals surface area contributed by atoms with Crippen LogP contribution in [-0.4, -0.2) is 19.0 Å². The highest BCUT2D eigenvalue weighted by Crippen LogP contribution is 2.15. The molecule has 3 nitrogen and oxygen atoms in total. The fourth-order valence-corrected chi connectivity index (χ4v) is 1.62. The molecule has 1 unspecified atom stereocenters. The zero-order chi connectivity index (χ0) is 14.4. The van der Waals surface area contributed by atoms with Gasteiger partial charge in [0.2, 0.25) is 5.91 Å². The number of halogens is 2. The molecule has 1 aromatic rings. The molecule has 0 spiro atoms. The molecule has 1 rings (SSSR count). The van der Waals surface area contributed by atoms with E-state index in [1.165, 1.54) is 12.1 Å². The van der Waals surface area contributed by atoms with Crippen LogP contribution < -0.4 is 10.6 Å². The highest BCUT2D eigenvalue weighted by Gasteiger charge is 2.09. The molecule has 0 bridgehead atoms. The molecule has 2 N–H and O–H groups in total.